The van der Waals surface area contributed by atoms with Crippen LogP contribution in [0.25, 0.3) is 5.65 Å². The van der Waals surface area contributed by atoms with E-state index in [-0.39, 0.29) is 24.6 Å². The van der Waals surface area contributed by atoms with E-state index < -0.39 is 0 Å². The number of hydrogen-bond donors (Lipinski definition) is 0. The summed E-state index contributed by atoms with van der Waals surface area (Å²) in [5.74, 6) is -0.123. The fourth-order valence-electron chi connectivity index (χ4n) is 1.76. The van der Waals surface area contributed by atoms with Crippen molar-refractivity contribution in [2.45, 2.75) is 19.4 Å². The van der Waals surface area contributed by atoms with Crippen molar-refractivity contribution in [2.75, 3.05) is 13.6 Å². The Morgan fingerprint density at radius 3 is 3.05 bits per heavy atom. The van der Waals surface area contributed by atoms with E-state index in [0.29, 0.717) is 18.6 Å². The van der Waals surface area contributed by atoms with E-state index in [9.17, 15) is 9.59 Å². The van der Waals surface area contributed by atoms with Crippen molar-refractivity contribution in [3.63, 3.8) is 0 Å². The first kappa shape index (κ1) is 13.7. The van der Waals surface area contributed by atoms with Crippen LogP contribution >= 0.6 is 0 Å². The molecule has 2 aromatic rings. The van der Waals surface area contributed by atoms with Gasteiger partial charge in [-0.3, -0.25) is 9.78 Å². The second kappa shape index (κ2) is 5.97. The summed E-state index contributed by atoms with van der Waals surface area (Å²) in [5.41, 5.74) is 0.151. The third-order valence-corrected chi connectivity index (χ3v) is 2.91. The number of amides is 1. The number of fused-ring (bicyclic) bond motifs is 1. The number of hydrogen-bond acceptors (Lipinski definition) is 5. The molecule has 104 valence electrons. The normalized spacial score (nSPS) is 10.4. The molecule has 8 nitrogen and oxygen atoms in total. The predicted molar refractivity (Wildman–Crippen MR) is 69.7 cm³/mol. The Hall–Kier alpha value is -2.69. The Balaban J connectivity index is 2.03. The summed E-state index contributed by atoms with van der Waals surface area (Å²) in [6.07, 6.45) is 4.98. The first-order chi connectivity index (χ1) is 9.63. The molecule has 0 atom stereocenters. The summed E-state index contributed by atoms with van der Waals surface area (Å²) in [7, 11) is 1.63. The molecule has 1 amide bonds. The lowest BCUT2D eigenvalue weighted by atomic mass is 10.3. The maximum atomic E-state index is 12.0. The number of nitrogens with zero attached hydrogens (tertiary/aromatic N) is 6. The summed E-state index contributed by atoms with van der Waals surface area (Å²) >= 11 is 0. The molecular weight excluding hydrogens is 260 g/mol. The van der Waals surface area contributed by atoms with Gasteiger partial charge in [-0.1, -0.05) is 0 Å². The van der Waals surface area contributed by atoms with Crippen LogP contribution in [-0.2, 0) is 11.3 Å². The van der Waals surface area contributed by atoms with Gasteiger partial charge in [0.25, 0.3) is 0 Å². The smallest absolute Gasteiger partial charge is 0.345 e. The molecule has 0 saturated heterocycles. The van der Waals surface area contributed by atoms with Crippen LogP contribution in [-0.4, -0.2) is 43.6 Å². The van der Waals surface area contributed by atoms with E-state index in [1.807, 2.05) is 6.07 Å². The number of aromatic nitrogens is 4. The summed E-state index contributed by atoms with van der Waals surface area (Å²) in [4.78, 5) is 29.1. The van der Waals surface area contributed by atoms with Gasteiger partial charge in [-0.15, -0.1) is 5.10 Å². The van der Waals surface area contributed by atoms with E-state index in [1.54, 1.807) is 7.05 Å². The lowest BCUT2D eigenvalue weighted by Crippen LogP contribution is -2.30. The van der Waals surface area contributed by atoms with Gasteiger partial charge in [0.1, 0.15) is 0 Å². The average Bonchev–Trinajstić information content (AvgIpc) is 2.79. The minimum Gasteiger partial charge on any atom is -0.345 e. The molecule has 2 rings (SSSR count). The van der Waals surface area contributed by atoms with Crippen molar-refractivity contribution in [1.29, 1.82) is 5.26 Å². The third-order valence-electron chi connectivity index (χ3n) is 2.91. The zero-order valence-electron chi connectivity index (χ0n) is 11.1. The van der Waals surface area contributed by atoms with Gasteiger partial charge in [0.2, 0.25) is 5.91 Å². The minimum atomic E-state index is -0.296. The third kappa shape index (κ3) is 2.83. The number of carbonyl (C=O) groups excluding carboxylic acids is 1. The van der Waals surface area contributed by atoms with E-state index in [2.05, 4.69) is 10.1 Å². The highest BCUT2D eigenvalue weighted by molar-refractivity contribution is 5.75. The first-order valence-corrected chi connectivity index (χ1v) is 6.13. The topological polar surface area (TPSA) is 96.3 Å². The van der Waals surface area contributed by atoms with Crippen LogP contribution in [0.3, 0.4) is 0 Å². The fourth-order valence-corrected chi connectivity index (χ4v) is 1.76. The Kier molecular flexibility index (Phi) is 4.10. The molecule has 2 aromatic heterocycles. The highest BCUT2D eigenvalue weighted by atomic mass is 16.2. The van der Waals surface area contributed by atoms with E-state index in [4.69, 9.17) is 5.26 Å². The highest BCUT2D eigenvalue weighted by Gasteiger charge is 2.11. The van der Waals surface area contributed by atoms with Gasteiger partial charge in [-0.05, 0) is 0 Å². The number of nitriles is 1. The molecule has 0 fully saturated rings. The van der Waals surface area contributed by atoms with Gasteiger partial charge in [-0.25, -0.2) is 13.9 Å². The van der Waals surface area contributed by atoms with Crippen LogP contribution in [0.1, 0.15) is 12.8 Å². The van der Waals surface area contributed by atoms with Crippen LogP contribution in [0.2, 0.25) is 0 Å². The maximum absolute atomic E-state index is 12.0. The maximum Gasteiger partial charge on any atom is 0.350 e. The summed E-state index contributed by atoms with van der Waals surface area (Å²) in [5, 5.41) is 12.6. The zero-order valence-corrected chi connectivity index (χ0v) is 11.1. The Bertz CT molecular complexity index is 711. The molecule has 0 radical (unpaired) electrons. The lowest BCUT2D eigenvalue weighted by molar-refractivity contribution is -0.130. The van der Waals surface area contributed by atoms with Gasteiger partial charge < -0.3 is 4.90 Å². The van der Waals surface area contributed by atoms with Gasteiger partial charge in [0.15, 0.2) is 5.65 Å². The lowest BCUT2D eigenvalue weighted by Gasteiger charge is -2.14. The second-order valence-electron chi connectivity index (χ2n) is 4.28. The summed E-state index contributed by atoms with van der Waals surface area (Å²) in [6.45, 7) is 0.593. The molecule has 0 aliphatic heterocycles. The van der Waals surface area contributed by atoms with Crippen molar-refractivity contribution in [3.8, 4) is 6.07 Å². The van der Waals surface area contributed by atoms with Crippen molar-refractivity contribution in [1.82, 2.24) is 24.1 Å². The van der Waals surface area contributed by atoms with Gasteiger partial charge in [0.05, 0.1) is 25.2 Å². The van der Waals surface area contributed by atoms with Crippen molar-refractivity contribution in [2.24, 2.45) is 0 Å². The standard InChI is InChI=1S/C12H14N6O2/c1-16(6-2-4-13)11(19)3-7-18-12(20)17-8-5-14-9-10(17)15-18/h5,8-9H,2-3,6-7H2,1H3. The van der Waals surface area contributed by atoms with E-state index >= 15 is 0 Å². The summed E-state index contributed by atoms with van der Waals surface area (Å²) in [6, 6.07) is 1.98. The predicted octanol–water partition coefficient (Wildman–Crippen LogP) is -0.347. The Morgan fingerprint density at radius 2 is 2.35 bits per heavy atom. The van der Waals surface area contributed by atoms with Crippen LogP contribution in [0.5, 0.6) is 0 Å². The number of aryl methyl sites for hydroxylation is 1. The second-order valence-corrected chi connectivity index (χ2v) is 4.28. The van der Waals surface area contributed by atoms with E-state index in [0.717, 1.165) is 0 Å². The highest BCUT2D eigenvalue weighted by Crippen LogP contribution is 1.97. The van der Waals surface area contributed by atoms with Gasteiger partial charge in [0, 0.05) is 32.4 Å². The fraction of sp³-hybridized carbons (Fsp3) is 0.417. The van der Waals surface area contributed by atoms with Crippen LogP contribution in [0, 0.1) is 11.3 Å². The molecule has 0 aliphatic carbocycles. The average molecular weight is 274 g/mol. The van der Waals surface area contributed by atoms with Crippen molar-refractivity contribution >= 4 is 11.6 Å². The number of rotatable bonds is 5. The van der Waals surface area contributed by atoms with Crippen molar-refractivity contribution in [3.05, 3.63) is 29.1 Å². The van der Waals surface area contributed by atoms with E-state index in [1.165, 1.54) is 32.6 Å². The van der Waals surface area contributed by atoms with Crippen LogP contribution < -0.4 is 5.69 Å². The molecule has 0 saturated carbocycles. The molecule has 0 N–H and O–H groups in total. The molecule has 20 heavy (non-hydrogen) atoms. The monoisotopic (exact) mass is 274 g/mol. The van der Waals surface area contributed by atoms with Gasteiger partial charge in [-0.2, -0.15) is 5.26 Å². The van der Waals surface area contributed by atoms with Gasteiger partial charge >= 0.3 is 5.69 Å². The largest absolute Gasteiger partial charge is 0.350 e. The molecule has 8 heteroatoms. The zero-order chi connectivity index (χ0) is 14.5. The van der Waals surface area contributed by atoms with Crippen LogP contribution in [0.4, 0.5) is 0 Å². The molecule has 0 spiro atoms. The first-order valence-electron chi connectivity index (χ1n) is 6.13. The molecule has 0 aliphatic rings. The summed E-state index contributed by atoms with van der Waals surface area (Å²) < 4.78 is 2.61. The molecule has 2 heterocycles. The Morgan fingerprint density at radius 1 is 1.55 bits per heavy atom. The Labute approximate surface area is 114 Å². The minimum absolute atomic E-state index is 0.123. The molecular formula is C12H14N6O2. The molecule has 0 unspecified atom stereocenters. The molecule has 0 aromatic carbocycles. The van der Waals surface area contributed by atoms with Crippen molar-refractivity contribution < 1.29 is 4.79 Å². The van der Waals surface area contributed by atoms with Crippen LogP contribution in [0.15, 0.2) is 23.4 Å². The number of carbonyl (C=O) groups is 1. The SMILES string of the molecule is CN(CCC#N)C(=O)CCn1nc2cnccn2c1=O. The quantitative estimate of drug-likeness (QED) is 0.742. The molecule has 0 bridgehead atoms.